The summed E-state index contributed by atoms with van der Waals surface area (Å²) in [5.41, 5.74) is 1.51. The van der Waals surface area contributed by atoms with Crippen molar-refractivity contribution in [3.8, 4) is 0 Å². The SMILES string of the molecule is Cc1ccc(C(=O)NC(C)Cc2cccc(Cl)c2)c(=O)[nH]1. The molecule has 4 nitrogen and oxygen atoms in total. The summed E-state index contributed by atoms with van der Waals surface area (Å²) in [7, 11) is 0. The minimum atomic E-state index is -0.373. The van der Waals surface area contributed by atoms with Crippen LogP contribution in [0.2, 0.25) is 5.02 Å². The van der Waals surface area contributed by atoms with Crippen LogP contribution in [0.5, 0.6) is 0 Å². The zero-order valence-corrected chi connectivity index (χ0v) is 12.7. The van der Waals surface area contributed by atoms with Crippen LogP contribution < -0.4 is 10.9 Å². The minimum absolute atomic E-state index is 0.100. The molecule has 0 radical (unpaired) electrons. The Kier molecular flexibility index (Phi) is 4.81. The number of aromatic nitrogens is 1. The van der Waals surface area contributed by atoms with Crippen molar-refractivity contribution >= 4 is 17.5 Å². The molecular formula is C16H17ClN2O2. The first-order valence-corrected chi connectivity index (χ1v) is 7.09. The number of aryl methyl sites for hydroxylation is 1. The summed E-state index contributed by atoms with van der Waals surface area (Å²) in [5, 5.41) is 3.49. The Hall–Kier alpha value is -2.07. The van der Waals surface area contributed by atoms with E-state index in [2.05, 4.69) is 10.3 Å². The maximum atomic E-state index is 12.1. The molecule has 1 amide bonds. The van der Waals surface area contributed by atoms with Crippen molar-refractivity contribution in [3.63, 3.8) is 0 Å². The van der Waals surface area contributed by atoms with Gasteiger partial charge >= 0.3 is 0 Å². The lowest BCUT2D eigenvalue weighted by molar-refractivity contribution is 0.0938. The molecule has 0 aliphatic rings. The monoisotopic (exact) mass is 304 g/mol. The van der Waals surface area contributed by atoms with Crippen LogP contribution in [0.15, 0.2) is 41.2 Å². The number of aromatic amines is 1. The summed E-state index contributed by atoms with van der Waals surface area (Å²) in [6.45, 7) is 3.66. The highest BCUT2D eigenvalue weighted by Gasteiger charge is 2.13. The molecule has 1 heterocycles. The topological polar surface area (TPSA) is 62.0 Å². The Morgan fingerprint density at radius 1 is 1.33 bits per heavy atom. The molecule has 0 bridgehead atoms. The zero-order chi connectivity index (χ0) is 15.4. The molecule has 0 saturated heterocycles. The zero-order valence-electron chi connectivity index (χ0n) is 11.9. The Bertz CT molecular complexity index is 709. The summed E-state index contributed by atoms with van der Waals surface area (Å²) in [4.78, 5) is 26.4. The number of benzene rings is 1. The van der Waals surface area contributed by atoms with Crippen LogP contribution in [-0.4, -0.2) is 16.9 Å². The highest BCUT2D eigenvalue weighted by atomic mass is 35.5. The predicted molar refractivity (Wildman–Crippen MR) is 83.9 cm³/mol. The molecule has 0 fully saturated rings. The van der Waals surface area contributed by atoms with Crippen molar-refractivity contribution in [3.05, 3.63) is 68.6 Å². The molecule has 0 saturated carbocycles. The molecule has 1 atom stereocenters. The van der Waals surface area contributed by atoms with Gasteiger partial charge in [-0.1, -0.05) is 23.7 Å². The molecule has 2 rings (SSSR count). The Labute approximate surface area is 128 Å². The van der Waals surface area contributed by atoms with Gasteiger partial charge in [0, 0.05) is 16.8 Å². The third-order valence-electron chi connectivity index (χ3n) is 3.11. The van der Waals surface area contributed by atoms with E-state index in [1.165, 1.54) is 6.07 Å². The normalized spacial score (nSPS) is 12.0. The van der Waals surface area contributed by atoms with Crippen LogP contribution in [0.4, 0.5) is 0 Å². The molecule has 0 spiro atoms. The van der Waals surface area contributed by atoms with Gasteiger partial charge in [0.25, 0.3) is 11.5 Å². The van der Waals surface area contributed by atoms with Gasteiger partial charge in [-0.15, -0.1) is 0 Å². The third kappa shape index (κ3) is 4.20. The second kappa shape index (κ2) is 6.59. The molecule has 2 N–H and O–H groups in total. The van der Waals surface area contributed by atoms with E-state index in [0.29, 0.717) is 11.4 Å². The number of rotatable bonds is 4. The molecule has 2 aromatic rings. The molecule has 1 aromatic heterocycles. The lowest BCUT2D eigenvalue weighted by Crippen LogP contribution is -2.37. The molecule has 110 valence electrons. The van der Waals surface area contributed by atoms with E-state index < -0.39 is 0 Å². The van der Waals surface area contributed by atoms with Crippen LogP contribution >= 0.6 is 11.6 Å². The fraction of sp³-hybridized carbons (Fsp3) is 0.250. The van der Waals surface area contributed by atoms with Crippen molar-refractivity contribution in [2.24, 2.45) is 0 Å². The summed E-state index contributed by atoms with van der Waals surface area (Å²) in [6, 6.07) is 10.6. The van der Waals surface area contributed by atoms with Gasteiger partial charge in [0.2, 0.25) is 0 Å². The van der Waals surface area contributed by atoms with E-state index >= 15 is 0 Å². The molecule has 21 heavy (non-hydrogen) atoms. The van der Waals surface area contributed by atoms with E-state index in [9.17, 15) is 9.59 Å². The first-order valence-electron chi connectivity index (χ1n) is 6.71. The van der Waals surface area contributed by atoms with Gasteiger partial charge in [-0.3, -0.25) is 9.59 Å². The Morgan fingerprint density at radius 2 is 2.10 bits per heavy atom. The van der Waals surface area contributed by atoms with E-state index in [1.807, 2.05) is 25.1 Å². The fourth-order valence-electron chi connectivity index (χ4n) is 2.12. The summed E-state index contributed by atoms with van der Waals surface area (Å²) >= 11 is 5.93. The van der Waals surface area contributed by atoms with Crippen LogP contribution in [-0.2, 0) is 6.42 Å². The van der Waals surface area contributed by atoms with Crippen molar-refractivity contribution < 1.29 is 4.79 Å². The summed E-state index contributed by atoms with van der Waals surface area (Å²) in [5.74, 6) is -0.370. The van der Waals surface area contributed by atoms with Crippen LogP contribution in [0.1, 0.15) is 28.5 Å². The van der Waals surface area contributed by atoms with E-state index in [4.69, 9.17) is 11.6 Å². The smallest absolute Gasteiger partial charge is 0.260 e. The second-order valence-electron chi connectivity index (χ2n) is 5.09. The minimum Gasteiger partial charge on any atom is -0.349 e. The van der Waals surface area contributed by atoms with Crippen molar-refractivity contribution in [1.29, 1.82) is 0 Å². The molecule has 0 aliphatic heterocycles. The summed E-state index contributed by atoms with van der Waals surface area (Å²) in [6.07, 6.45) is 0.649. The van der Waals surface area contributed by atoms with Crippen molar-refractivity contribution in [2.75, 3.05) is 0 Å². The number of carbonyl (C=O) groups is 1. The quantitative estimate of drug-likeness (QED) is 0.912. The molecule has 5 heteroatoms. The van der Waals surface area contributed by atoms with Gasteiger partial charge in [0.1, 0.15) is 5.56 Å². The third-order valence-corrected chi connectivity index (χ3v) is 3.34. The Morgan fingerprint density at radius 3 is 2.76 bits per heavy atom. The molecule has 0 aliphatic carbocycles. The van der Waals surface area contributed by atoms with E-state index in [0.717, 1.165) is 11.3 Å². The van der Waals surface area contributed by atoms with Gasteiger partial charge in [-0.2, -0.15) is 0 Å². The van der Waals surface area contributed by atoms with Crippen LogP contribution in [0.3, 0.4) is 0 Å². The van der Waals surface area contributed by atoms with Gasteiger partial charge < -0.3 is 10.3 Å². The van der Waals surface area contributed by atoms with Crippen molar-refractivity contribution in [1.82, 2.24) is 10.3 Å². The average Bonchev–Trinajstić information content (AvgIpc) is 2.38. The predicted octanol–water partition coefficient (Wildman–Crippen LogP) is 2.70. The first-order chi connectivity index (χ1) is 9.95. The number of hydrogen-bond acceptors (Lipinski definition) is 2. The molecule has 1 aromatic carbocycles. The average molecular weight is 305 g/mol. The van der Waals surface area contributed by atoms with Gasteiger partial charge in [0.05, 0.1) is 0 Å². The number of halogens is 1. The molecular weight excluding hydrogens is 288 g/mol. The number of H-pyrrole nitrogens is 1. The van der Waals surface area contributed by atoms with E-state index in [-0.39, 0.29) is 23.1 Å². The molecule has 1 unspecified atom stereocenters. The number of hydrogen-bond donors (Lipinski definition) is 2. The maximum absolute atomic E-state index is 12.1. The number of amides is 1. The number of nitrogens with one attached hydrogen (secondary N) is 2. The largest absolute Gasteiger partial charge is 0.349 e. The van der Waals surface area contributed by atoms with Crippen LogP contribution in [0.25, 0.3) is 0 Å². The standard InChI is InChI=1S/C16H17ClN2O2/c1-10-6-7-14(15(20)18-10)16(21)19-11(2)8-12-4-3-5-13(17)9-12/h3-7,9,11H,8H2,1-2H3,(H,18,20)(H,19,21). The van der Waals surface area contributed by atoms with Crippen molar-refractivity contribution in [2.45, 2.75) is 26.3 Å². The van der Waals surface area contributed by atoms with Crippen LogP contribution in [0, 0.1) is 6.92 Å². The fourth-order valence-corrected chi connectivity index (χ4v) is 2.33. The number of pyridine rings is 1. The highest BCUT2D eigenvalue weighted by molar-refractivity contribution is 6.30. The van der Waals surface area contributed by atoms with Gasteiger partial charge in [-0.25, -0.2) is 0 Å². The lowest BCUT2D eigenvalue weighted by Gasteiger charge is -2.14. The lowest BCUT2D eigenvalue weighted by atomic mass is 10.1. The first kappa shape index (κ1) is 15.3. The Balaban J connectivity index is 2.03. The van der Waals surface area contributed by atoms with Gasteiger partial charge in [0.15, 0.2) is 0 Å². The van der Waals surface area contributed by atoms with E-state index in [1.54, 1.807) is 19.1 Å². The maximum Gasteiger partial charge on any atom is 0.260 e. The summed E-state index contributed by atoms with van der Waals surface area (Å²) < 4.78 is 0. The second-order valence-corrected chi connectivity index (χ2v) is 5.53. The van der Waals surface area contributed by atoms with Gasteiger partial charge in [-0.05, 0) is 50.1 Å². The highest BCUT2D eigenvalue weighted by Crippen LogP contribution is 2.12. The number of carbonyl (C=O) groups excluding carboxylic acids is 1.